The molecule has 1 atom stereocenters. The van der Waals surface area contributed by atoms with E-state index in [2.05, 4.69) is 20.9 Å². The zero-order valence-electron chi connectivity index (χ0n) is 12.9. The van der Waals surface area contributed by atoms with Crippen molar-refractivity contribution >= 4 is 55.8 Å². The number of nitrogens with one attached hydrogen (secondary N) is 1. The monoisotopic (exact) mass is 435 g/mol. The van der Waals surface area contributed by atoms with Gasteiger partial charge in [0.2, 0.25) is 0 Å². The van der Waals surface area contributed by atoms with Crippen molar-refractivity contribution < 1.29 is 4.79 Å². The number of Topliss-reactive ketones (excluding diaryl/α,β-unsaturated/α-hetero) is 1. The number of fused-ring (bicyclic) bond motifs is 2. The number of H-pyrrole nitrogens is 1. The summed E-state index contributed by atoms with van der Waals surface area (Å²) in [6, 6.07) is 10.7. The van der Waals surface area contributed by atoms with E-state index >= 15 is 0 Å². The molecule has 25 heavy (non-hydrogen) atoms. The Morgan fingerprint density at radius 1 is 1.04 bits per heavy atom. The Morgan fingerprint density at radius 3 is 2.60 bits per heavy atom. The van der Waals surface area contributed by atoms with Crippen LogP contribution in [0.15, 0.2) is 45.7 Å². The number of aromatic nitrogens is 1. The number of aromatic amines is 1. The van der Waals surface area contributed by atoms with Crippen LogP contribution in [-0.2, 0) is 6.42 Å². The maximum atomic E-state index is 12.8. The summed E-state index contributed by atoms with van der Waals surface area (Å²) in [6.07, 6.45) is 0.820. The smallest absolute Gasteiger partial charge is 0.200 e. The van der Waals surface area contributed by atoms with Crippen LogP contribution in [0.5, 0.6) is 0 Å². The number of benzene rings is 2. The number of carbonyl (C=O) groups is 1. The molecule has 1 aromatic heterocycles. The van der Waals surface area contributed by atoms with E-state index in [1.54, 1.807) is 18.2 Å². The molecular weight excluding hydrogens is 425 g/mol. The molecule has 1 N–H and O–H groups in total. The van der Waals surface area contributed by atoms with Crippen molar-refractivity contribution in [1.29, 1.82) is 0 Å². The Bertz CT molecular complexity index is 1090. The van der Waals surface area contributed by atoms with Crippen molar-refractivity contribution in [1.82, 2.24) is 4.98 Å². The Labute approximate surface area is 162 Å². The zero-order valence-corrected chi connectivity index (χ0v) is 16.0. The van der Waals surface area contributed by atoms with Gasteiger partial charge in [0.25, 0.3) is 0 Å². The van der Waals surface area contributed by atoms with Gasteiger partial charge in [0.15, 0.2) is 11.2 Å². The maximum Gasteiger partial charge on any atom is 0.200 e. The topological polar surface area (TPSA) is 49.9 Å². The van der Waals surface area contributed by atoms with E-state index in [1.807, 2.05) is 18.2 Å². The average Bonchev–Trinajstić information content (AvgIpc) is 2.55. The van der Waals surface area contributed by atoms with Crippen LogP contribution >= 0.6 is 39.1 Å². The van der Waals surface area contributed by atoms with Gasteiger partial charge < -0.3 is 4.98 Å². The molecule has 1 aliphatic rings. The molecule has 0 fully saturated rings. The van der Waals surface area contributed by atoms with Crippen molar-refractivity contribution in [3.8, 4) is 0 Å². The standard InChI is InChI=1S/C19H12BrCl2NO2/c20-10-1-4-15-13(7-10)19(25)18-16(23-15)5-9(6-17(18)24)12-3-2-11(21)8-14(12)22/h1-4,7-9H,5-6H2,(H,23,25). The molecule has 0 bridgehead atoms. The first-order valence-corrected chi connectivity index (χ1v) is 9.31. The zero-order chi connectivity index (χ0) is 17.7. The Kier molecular flexibility index (Phi) is 4.22. The quantitative estimate of drug-likeness (QED) is 0.546. The lowest BCUT2D eigenvalue weighted by Crippen LogP contribution is -2.27. The van der Waals surface area contributed by atoms with Gasteiger partial charge in [-0.25, -0.2) is 0 Å². The number of ketones is 1. The molecule has 0 radical (unpaired) electrons. The van der Waals surface area contributed by atoms with E-state index < -0.39 is 0 Å². The van der Waals surface area contributed by atoms with Gasteiger partial charge in [0, 0.05) is 37.5 Å². The maximum absolute atomic E-state index is 12.8. The largest absolute Gasteiger partial charge is 0.358 e. The SMILES string of the molecule is O=C1CC(c2ccc(Cl)cc2Cl)Cc2[nH]c3ccc(Br)cc3c(=O)c21. The third kappa shape index (κ3) is 2.92. The molecular formula is C19H12BrCl2NO2. The molecule has 1 aliphatic carbocycles. The van der Waals surface area contributed by atoms with E-state index in [0.717, 1.165) is 15.6 Å². The first-order chi connectivity index (χ1) is 11.9. The molecule has 4 rings (SSSR count). The molecule has 0 aliphatic heterocycles. The summed E-state index contributed by atoms with van der Waals surface area (Å²) in [5.74, 6) is -0.228. The molecule has 6 heteroatoms. The first-order valence-electron chi connectivity index (χ1n) is 7.76. The molecule has 3 nitrogen and oxygen atoms in total. The second kappa shape index (κ2) is 6.27. The van der Waals surface area contributed by atoms with Crippen molar-refractivity contribution in [2.75, 3.05) is 0 Å². The third-order valence-electron chi connectivity index (χ3n) is 4.60. The molecule has 2 aromatic carbocycles. The normalized spacial score (nSPS) is 16.9. The predicted octanol–water partition coefficient (Wildman–Crippen LogP) is 5.51. The van der Waals surface area contributed by atoms with Crippen LogP contribution in [0.25, 0.3) is 10.9 Å². The number of hydrogen-bond donors (Lipinski definition) is 1. The minimum atomic E-state index is -0.212. The van der Waals surface area contributed by atoms with Gasteiger partial charge in [-0.05, 0) is 48.2 Å². The molecule has 0 amide bonds. The third-order valence-corrected chi connectivity index (χ3v) is 5.66. The van der Waals surface area contributed by atoms with Crippen LogP contribution < -0.4 is 5.43 Å². The van der Waals surface area contributed by atoms with Crippen LogP contribution in [0.3, 0.4) is 0 Å². The van der Waals surface area contributed by atoms with Gasteiger partial charge in [-0.15, -0.1) is 0 Å². The van der Waals surface area contributed by atoms with Crippen molar-refractivity contribution in [2.24, 2.45) is 0 Å². The van der Waals surface area contributed by atoms with Crippen molar-refractivity contribution in [3.05, 3.63) is 78.0 Å². The lowest BCUT2D eigenvalue weighted by atomic mass is 9.81. The van der Waals surface area contributed by atoms with Gasteiger partial charge >= 0.3 is 0 Å². The predicted molar refractivity (Wildman–Crippen MR) is 104 cm³/mol. The highest BCUT2D eigenvalue weighted by Crippen LogP contribution is 2.36. The molecule has 0 spiro atoms. The summed E-state index contributed by atoms with van der Waals surface area (Å²) in [7, 11) is 0. The van der Waals surface area contributed by atoms with Gasteiger partial charge in [-0.2, -0.15) is 0 Å². The summed E-state index contributed by atoms with van der Waals surface area (Å²) >= 11 is 15.6. The molecule has 1 heterocycles. The van der Waals surface area contributed by atoms with E-state index in [1.165, 1.54) is 0 Å². The minimum absolute atomic E-state index is 0.0756. The highest BCUT2D eigenvalue weighted by Gasteiger charge is 2.30. The highest BCUT2D eigenvalue weighted by molar-refractivity contribution is 9.10. The number of carbonyl (C=O) groups excluding carboxylic acids is 1. The summed E-state index contributed by atoms with van der Waals surface area (Å²) in [6.45, 7) is 0. The van der Waals surface area contributed by atoms with Crippen LogP contribution in [0.4, 0.5) is 0 Å². The summed E-state index contributed by atoms with van der Waals surface area (Å²) < 4.78 is 0.805. The molecule has 0 saturated heterocycles. The fraction of sp³-hybridized carbons (Fsp3) is 0.158. The minimum Gasteiger partial charge on any atom is -0.358 e. The van der Waals surface area contributed by atoms with Crippen LogP contribution in [0, 0.1) is 0 Å². The van der Waals surface area contributed by atoms with Gasteiger partial charge in [0.1, 0.15) is 0 Å². The molecule has 1 unspecified atom stereocenters. The van der Waals surface area contributed by atoms with Gasteiger partial charge in [0.05, 0.1) is 5.56 Å². The van der Waals surface area contributed by atoms with E-state index in [4.69, 9.17) is 23.2 Å². The van der Waals surface area contributed by atoms with Crippen molar-refractivity contribution in [2.45, 2.75) is 18.8 Å². The van der Waals surface area contributed by atoms with Crippen LogP contribution in [0.2, 0.25) is 10.0 Å². The van der Waals surface area contributed by atoms with E-state index in [0.29, 0.717) is 27.5 Å². The van der Waals surface area contributed by atoms with E-state index in [-0.39, 0.29) is 29.1 Å². The lowest BCUT2D eigenvalue weighted by molar-refractivity contribution is 0.0962. The second-order valence-corrected chi connectivity index (χ2v) is 7.95. The van der Waals surface area contributed by atoms with Gasteiger partial charge in [-0.3, -0.25) is 9.59 Å². The Morgan fingerprint density at radius 2 is 1.84 bits per heavy atom. The van der Waals surface area contributed by atoms with Crippen LogP contribution in [-0.4, -0.2) is 10.8 Å². The number of hydrogen-bond acceptors (Lipinski definition) is 2. The first kappa shape index (κ1) is 16.8. The highest BCUT2D eigenvalue weighted by atomic mass is 79.9. The summed E-state index contributed by atoms with van der Waals surface area (Å²) in [4.78, 5) is 28.7. The Hall–Kier alpha value is -1.62. The molecule has 0 saturated carbocycles. The average molecular weight is 437 g/mol. The Balaban J connectivity index is 1.86. The fourth-order valence-corrected chi connectivity index (χ4v) is 4.38. The second-order valence-electron chi connectivity index (χ2n) is 6.19. The lowest BCUT2D eigenvalue weighted by Gasteiger charge is -2.24. The van der Waals surface area contributed by atoms with E-state index in [9.17, 15) is 9.59 Å². The van der Waals surface area contributed by atoms with Crippen molar-refractivity contribution in [3.63, 3.8) is 0 Å². The van der Waals surface area contributed by atoms with Crippen LogP contribution in [0.1, 0.15) is 34.0 Å². The number of halogens is 3. The number of rotatable bonds is 1. The number of pyridine rings is 1. The molecule has 3 aromatic rings. The summed E-state index contributed by atoms with van der Waals surface area (Å²) in [5, 5.41) is 1.62. The fourth-order valence-electron chi connectivity index (χ4n) is 3.46. The van der Waals surface area contributed by atoms with Gasteiger partial charge in [-0.1, -0.05) is 45.2 Å². The molecule has 126 valence electrons. The summed E-state index contributed by atoms with van der Waals surface area (Å²) in [5.41, 5.74) is 2.33.